The number of nitrogens with one attached hydrogen (secondary N) is 1. The molecule has 1 aromatic heterocycles. The van der Waals surface area contributed by atoms with Gasteiger partial charge in [-0.2, -0.15) is 0 Å². The lowest BCUT2D eigenvalue weighted by Gasteiger charge is -2.13. The van der Waals surface area contributed by atoms with Crippen molar-refractivity contribution in [2.75, 3.05) is 6.54 Å². The number of aliphatic hydroxyl groups excluding tert-OH is 1. The molecular formula is C11H16BrNO2S. The minimum Gasteiger partial charge on any atom is -0.391 e. The molecule has 2 N–H and O–H groups in total. The van der Waals surface area contributed by atoms with E-state index in [4.69, 9.17) is 0 Å². The second kappa shape index (κ2) is 6.37. The standard InChI is InChI=1S/C11H16BrNO2S/c1-7(2)3-9(14)5-13-11(15)8-4-10(12)16-6-8/h4,6-7,9,14H,3,5H2,1-2H3,(H,13,15). The molecule has 90 valence electrons. The van der Waals surface area contributed by atoms with Crippen LogP contribution in [-0.4, -0.2) is 23.7 Å². The third kappa shape index (κ3) is 4.63. The zero-order valence-electron chi connectivity index (χ0n) is 9.37. The monoisotopic (exact) mass is 305 g/mol. The number of rotatable bonds is 5. The summed E-state index contributed by atoms with van der Waals surface area (Å²) in [6.45, 7) is 4.40. The van der Waals surface area contributed by atoms with E-state index in [9.17, 15) is 9.90 Å². The van der Waals surface area contributed by atoms with Gasteiger partial charge < -0.3 is 10.4 Å². The summed E-state index contributed by atoms with van der Waals surface area (Å²) in [5, 5.41) is 14.1. The minimum absolute atomic E-state index is 0.134. The molecule has 1 heterocycles. The van der Waals surface area contributed by atoms with Gasteiger partial charge in [0.1, 0.15) is 0 Å². The first kappa shape index (κ1) is 13.7. The number of aliphatic hydroxyl groups is 1. The molecule has 0 spiro atoms. The maximum Gasteiger partial charge on any atom is 0.252 e. The van der Waals surface area contributed by atoms with E-state index in [-0.39, 0.29) is 5.91 Å². The SMILES string of the molecule is CC(C)CC(O)CNC(=O)c1csc(Br)c1. The maximum absolute atomic E-state index is 11.6. The molecule has 1 unspecified atom stereocenters. The van der Waals surface area contributed by atoms with E-state index >= 15 is 0 Å². The molecule has 0 aliphatic heterocycles. The molecule has 0 fully saturated rings. The summed E-state index contributed by atoms with van der Waals surface area (Å²) < 4.78 is 0.931. The van der Waals surface area contributed by atoms with Crippen LogP contribution in [0.1, 0.15) is 30.6 Å². The number of carbonyl (C=O) groups is 1. The number of thiophene rings is 1. The summed E-state index contributed by atoms with van der Waals surface area (Å²) in [6.07, 6.45) is 0.235. The normalized spacial score (nSPS) is 12.8. The van der Waals surface area contributed by atoms with E-state index in [0.29, 0.717) is 24.4 Å². The summed E-state index contributed by atoms with van der Waals surface area (Å²) in [5.74, 6) is 0.298. The highest BCUT2D eigenvalue weighted by atomic mass is 79.9. The van der Waals surface area contributed by atoms with E-state index in [1.165, 1.54) is 11.3 Å². The largest absolute Gasteiger partial charge is 0.391 e. The van der Waals surface area contributed by atoms with Crippen LogP contribution in [0, 0.1) is 5.92 Å². The molecule has 0 aromatic carbocycles. The van der Waals surface area contributed by atoms with Crippen molar-refractivity contribution in [1.82, 2.24) is 5.32 Å². The Labute approximate surface area is 108 Å². The third-order valence-electron chi connectivity index (χ3n) is 2.07. The van der Waals surface area contributed by atoms with E-state index < -0.39 is 6.10 Å². The fourth-order valence-electron chi connectivity index (χ4n) is 1.37. The first-order valence-electron chi connectivity index (χ1n) is 5.19. The van der Waals surface area contributed by atoms with Crippen molar-refractivity contribution in [1.29, 1.82) is 0 Å². The van der Waals surface area contributed by atoms with Gasteiger partial charge in [0.25, 0.3) is 5.91 Å². The predicted molar refractivity (Wildman–Crippen MR) is 69.8 cm³/mol. The van der Waals surface area contributed by atoms with Crippen LogP contribution in [0.5, 0.6) is 0 Å². The van der Waals surface area contributed by atoms with Crippen molar-refractivity contribution in [2.24, 2.45) is 5.92 Å². The number of hydrogen-bond donors (Lipinski definition) is 2. The third-order valence-corrected chi connectivity index (χ3v) is 3.58. The highest BCUT2D eigenvalue weighted by Crippen LogP contribution is 2.20. The van der Waals surface area contributed by atoms with Gasteiger partial charge in [-0.25, -0.2) is 0 Å². The molecule has 0 radical (unpaired) electrons. The summed E-state index contributed by atoms with van der Waals surface area (Å²) in [5.41, 5.74) is 0.633. The Bertz CT molecular complexity index is 352. The first-order chi connectivity index (χ1) is 7.49. The van der Waals surface area contributed by atoms with Gasteiger partial charge in [0.15, 0.2) is 0 Å². The van der Waals surface area contributed by atoms with Gasteiger partial charge in [-0.15, -0.1) is 11.3 Å². The highest BCUT2D eigenvalue weighted by molar-refractivity contribution is 9.11. The fraction of sp³-hybridized carbons (Fsp3) is 0.545. The molecule has 1 amide bonds. The summed E-state index contributed by atoms with van der Waals surface area (Å²) in [4.78, 5) is 11.6. The molecular weight excluding hydrogens is 290 g/mol. The molecule has 3 nitrogen and oxygen atoms in total. The molecule has 5 heteroatoms. The van der Waals surface area contributed by atoms with Crippen LogP contribution in [0.2, 0.25) is 0 Å². The van der Waals surface area contributed by atoms with Gasteiger partial charge in [0.2, 0.25) is 0 Å². The second-order valence-corrected chi connectivity index (χ2v) is 6.42. The average Bonchev–Trinajstić information content (AvgIpc) is 2.60. The van der Waals surface area contributed by atoms with Crippen molar-refractivity contribution in [3.8, 4) is 0 Å². The van der Waals surface area contributed by atoms with E-state index in [2.05, 4.69) is 21.2 Å². The maximum atomic E-state index is 11.6. The molecule has 0 saturated carbocycles. The van der Waals surface area contributed by atoms with Crippen molar-refractivity contribution in [2.45, 2.75) is 26.4 Å². The topological polar surface area (TPSA) is 49.3 Å². The van der Waals surface area contributed by atoms with Crippen LogP contribution >= 0.6 is 27.3 Å². The van der Waals surface area contributed by atoms with Crippen LogP contribution in [-0.2, 0) is 0 Å². The Morgan fingerprint density at radius 3 is 2.81 bits per heavy atom. The van der Waals surface area contributed by atoms with Gasteiger partial charge in [0.05, 0.1) is 15.5 Å². The quantitative estimate of drug-likeness (QED) is 0.878. The van der Waals surface area contributed by atoms with E-state index in [1.54, 1.807) is 11.4 Å². The van der Waals surface area contributed by atoms with Crippen LogP contribution in [0.3, 0.4) is 0 Å². The average molecular weight is 306 g/mol. The first-order valence-corrected chi connectivity index (χ1v) is 6.86. The van der Waals surface area contributed by atoms with E-state index in [1.807, 2.05) is 13.8 Å². The van der Waals surface area contributed by atoms with Crippen molar-refractivity contribution >= 4 is 33.2 Å². The van der Waals surface area contributed by atoms with Crippen molar-refractivity contribution in [3.63, 3.8) is 0 Å². The Hall–Kier alpha value is -0.390. The molecule has 0 aliphatic carbocycles. The molecule has 16 heavy (non-hydrogen) atoms. The smallest absolute Gasteiger partial charge is 0.252 e. The highest BCUT2D eigenvalue weighted by Gasteiger charge is 2.11. The van der Waals surface area contributed by atoms with Crippen molar-refractivity contribution < 1.29 is 9.90 Å². The zero-order chi connectivity index (χ0) is 12.1. The molecule has 1 atom stereocenters. The van der Waals surface area contributed by atoms with Gasteiger partial charge in [-0.05, 0) is 34.3 Å². The molecule has 1 aromatic rings. The Balaban J connectivity index is 2.35. The predicted octanol–water partition coefficient (Wildman–Crippen LogP) is 2.65. The number of amides is 1. The van der Waals surface area contributed by atoms with Crippen molar-refractivity contribution in [3.05, 3.63) is 20.8 Å². The second-order valence-electron chi connectivity index (χ2n) is 4.13. The van der Waals surface area contributed by atoms with Crippen LogP contribution in [0.25, 0.3) is 0 Å². The fourth-order valence-corrected chi connectivity index (χ4v) is 2.51. The Morgan fingerprint density at radius 1 is 1.62 bits per heavy atom. The Morgan fingerprint density at radius 2 is 2.31 bits per heavy atom. The number of halogens is 1. The molecule has 0 bridgehead atoms. The summed E-state index contributed by atoms with van der Waals surface area (Å²) in [6, 6.07) is 1.77. The summed E-state index contributed by atoms with van der Waals surface area (Å²) >= 11 is 4.77. The van der Waals surface area contributed by atoms with E-state index in [0.717, 1.165) is 3.79 Å². The number of carbonyl (C=O) groups excluding carboxylic acids is 1. The Kier molecular flexibility index (Phi) is 5.44. The molecule has 0 aliphatic rings. The lowest BCUT2D eigenvalue weighted by atomic mass is 10.1. The van der Waals surface area contributed by atoms with Crippen LogP contribution in [0.4, 0.5) is 0 Å². The van der Waals surface area contributed by atoms with Crippen LogP contribution in [0.15, 0.2) is 15.2 Å². The molecule has 1 rings (SSSR count). The summed E-state index contributed by atoms with van der Waals surface area (Å²) in [7, 11) is 0. The lowest BCUT2D eigenvalue weighted by Crippen LogP contribution is -2.32. The van der Waals surface area contributed by atoms with Gasteiger partial charge >= 0.3 is 0 Å². The minimum atomic E-state index is -0.467. The van der Waals surface area contributed by atoms with Gasteiger partial charge in [-0.1, -0.05) is 13.8 Å². The lowest BCUT2D eigenvalue weighted by molar-refractivity contribution is 0.0900. The van der Waals surface area contributed by atoms with Gasteiger partial charge in [-0.3, -0.25) is 4.79 Å². The molecule has 0 saturated heterocycles. The van der Waals surface area contributed by atoms with Crippen LogP contribution < -0.4 is 5.32 Å². The van der Waals surface area contributed by atoms with Gasteiger partial charge in [0, 0.05) is 11.9 Å². The zero-order valence-corrected chi connectivity index (χ0v) is 11.8. The number of hydrogen-bond acceptors (Lipinski definition) is 3.